The van der Waals surface area contributed by atoms with Crippen LogP contribution in [-0.4, -0.2) is 29.9 Å². The molecule has 0 atom stereocenters. The van der Waals surface area contributed by atoms with Gasteiger partial charge in [-0.25, -0.2) is 15.0 Å². The second-order valence-corrected chi connectivity index (χ2v) is 8.55. The van der Waals surface area contributed by atoms with Gasteiger partial charge >= 0.3 is 0 Å². The van der Waals surface area contributed by atoms with Crippen molar-refractivity contribution in [2.24, 2.45) is 0 Å². The summed E-state index contributed by atoms with van der Waals surface area (Å²) in [5.41, 5.74) is 4.45. The highest BCUT2D eigenvalue weighted by Crippen LogP contribution is 2.28. The number of rotatable bonds is 3. The van der Waals surface area contributed by atoms with E-state index in [4.69, 9.17) is 4.98 Å². The van der Waals surface area contributed by atoms with Crippen LogP contribution in [0.1, 0.15) is 52.0 Å². The lowest BCUT2D eigenvalue weighted by atomic mass is 9.86. The number of aromatic amines is 2. The summed E-state index contributed by atoms with van der Waals surface area (Å²) >= 11 is 0. The Morgan fingerprint density at radius 3 is 2.42 bits per heavy atom. The minimum absolute atomic E-state index is 0.0142. The highest BCUT2D eigenvalue weighted by molar-refractivity contribution is 5.74. The molecule has 0 aliphatic rings. The standard InChI is InChI=1S/C20H24N6/c1-19(2,3)17-24-14-9-12(22-11-15(14)25-17)10-20(4,5)18-23-13-7-6-8-21-16(13)26-18/h6-9,11H,10H2,1-5H3,(H,24,25)(H,21,23,26). The summed E-state index contributed by atoms with van der Waals surface area (Å²) in [6.07, 6.45) is 4.41. The Morgan fingerprint density at radius 2 is 1.69 bits per heavy atom. The Bertz CT molecular complexity index is 1050. The van der Waals surface area contributed by atoms with E-state index in [2.05, 4.69) is 65.6 Å². The second-order valence-electron chi connectivity index (χ2n) is 8.55. The SMILES string of the molecule is CC(C)(C)c1nc2cc(CC(C)(C)c3nc4ncccc4[nH]3)ncc2[nH]1. The number of nitrogens with zero attached hydrogens (tertiary/aromatic N) is 4. The topological polar surface area (TPSA) is 83.1 Å². The van der Waals surface area contributed by atoms with Crippen molar-refractivity contribution in [2.75, 3.05) is 0 Å². The van der Waals surface area contributed by atoms with Crippen LogP contribution in [0.15, 0.2) is 30.6 Å². The van der Waals surface area contributed by atoms with Gasteiger partial charge in [-0.3, -0.25) is 4.98 Å². The lowest BCUT2D eigenvalue weighted by Gasteiger charge is -2.21. The molecule has 4 aromatic rings. The summed E-state index contributed by atoms with van der Waals surface area (Å²) < 4.78 is 0. The molecule has 0 amide bonds. The van der Waals surface area contributed by atoms with E-state index in [-0.39, 0.29) is 10.8 Å². The van der Waals surface area contributed by atoms with Gasteiger partial charge in [0.25, 0.3) is 0 Å². The maximum absolute atomic E-state index is 4.75. The Balaban J connectivity index is 1.66. The minimum atomic E-state index is -0.190. The van der Waals surface area contributed by atoms with Crippen molar-refractivity contribution in [1.29, 1.82) is 0 Å². The number of imidazole rings is 2. The van der Waals surface area contributed by atoms with E-state index >= 15 is 0 Å². The van der Waals surface area contributed by atoms with E-state index in [1.165, 1.54) is 0 Å². The van der Waals surface area contributed by atoms with Crippen molar-refractivity contribution in [2.45, 2.75) is 51.9 Å². The van der Waals surface area contributed by atoms with Gasteiger partial charge in [-0.1, -0.05) is 34.6 Å². The fourth-order valence-corrected chi connectivity index (χ4v) is 3.11. The smallest absolute Gasteiger partial charge is 0.177 e. The lowest BCUT2D eigenvalue weighted by Crippen LogP contribution is -2.22. The molecule has 6 nitrogen and oxygen atoms in total. The number of hydrogen-bond acceptors (Lipinski definition) is 4. The van der Waals surface area contributed by atoms with Crippen LogP contribution >= 0.6 is 0 Å². The molecule has 0 saturated heterocycles. The normalized spacial score (nSPS) is 13.0. The maximum Gasteiger partial charge on any atom is 0.177 e. The van der Waals surface area contributed by atoms with Gasteiger partial charge in [-0.05, 0) is 18.2 Å². The number of nitrogens with one attached hydrogen (secondary N) is 2. The maximum atomic E-state index is 4.75. The van der Waals surface area contributed by atoms with Gasteiger partial charge < -0.3 is 9.97 Å². The minimum Gasteiger partial charge on any atom is -0.340 e. The third kappa shape index (κ3) is 2.96. The van der Waals surface area contributed by atoms with Crippen LogP contribution in [0.4, 0.5) is 0 Å². The Labute approximate surface area is 152 Å². The molecular formula is C20H24N6. The summed E-state index contributed by atoms with van der Waals surface area (Å²) in [6, 6.07) is 5.98. The first-order valence-corrected chi connectivity index (χ1v) is 8.89. The van der Waals surface area contributed by atoms with Gasteiger partial charge in [0.1, 0.15) is 11.6 Å². The molecule has 4 aromatic heterocycles. The molecule has 4 heterocycles. The molecule has 0 unspecified atom stereocenters. The van der Waals surface area contributed by atoms with Crippen molar-refractivity contribution in [1.82, 2.24) is 29.9 Å². The van der Waals surface area contributed by atoms with Crippen LogP contribution in [0.5, 0.6) is 0 Å². The molecule has 0 aromatic carbocycles. The van der Waals surface area contributed by atoms with Crippen molar-refractivity contribution < 1.29 is 0 Å². The van der Waals surface area contributed by atoms with Crippen molar-refractivity contribution in [3.63, 3.8) is 0 Å². The van der Waals surface area contributed by atoms with E-state index in [0.29, 0.717) is 0 Å². The number of aromatic nitrogens is 6. The monoisotopic (exact) mass is 348 g/mol. The molecule has 134 valence electrons. The van der Waals surface area contributed by atoms with Crippen LogP contribution in [-0.2, 0) is 17.3 Å². The largest absolute Gasteiger partial charge is 0.340 e. The van der Waals surface area contributed by atoms with Crippen LogP contribution in [0.3, 0.4) is 0 Å². The fraction of sp³-hybridized carbons (Fsp3) is 0.400. The summed E-state index contributed by atoms with van der Waals surface area (Å²) in [7, 11) is 0. The molecule has 0 aliphatic carbocycles. The van der Waals surface area contributed by atoms with Crippen molar-refractivity contribution in [3.8, 4) is 0 Å². The first-order chi connectivity index (χ1) is 12.2. The predicted molar refractivity (Wildman–Crippen MR) is 103 cm³/mol. The molecular weight excluding hydrogens is 324 g/mol. The van der Waals surface area contributed by atoms with Crippen LogP contribution in [0, 0.1) is 0 Å². The number of H-pyrrole nitrogens is 2. The molecule has 0 aliphatic heterocycles. The number of pyridine rings is 2. The first-order valence-electron chi connectivity index (χ1n) is 8.89. The van der Waals surface area contributed by atoms with Gasteiger partial charge in [-0.2, -0.15) is 0 Å². The number of fused-ring (bicyclic) bond motifs is 2. The van der Waals surface area contributed by atoms with E-state index in [1.807, 2.05) is 18.3 Å². The van der Waals surface area contributed by atoms with Crippen molar-refractivity contribution in [3.05, 3.63) is 47.9 Å². The van der Waals surface area contributed by atoms with Gasteiger partial charge in [0.15, 0.2) is 5.65 Å². The van der Waals surface area contributed by atoms with Gasteiger partial charge in [0.2, 0.25) is 0 Å². The molecule has 6 heteroatoms. The summed E-state index contributed by atoms with van der Waals surface area (Å²) in [4.78, 5) is 25.1. The quantitative estimate of drug-likeness (QED) is 0.585. The van der Waals surface area contributed by atoms with Gasteiger partial charge in [0, 0.05) is 29.1 Å². The highest BCUT2D eigenvalue weighted by Gasteiger charge is 2.26. The zero-order chi connectivity index (χ0) is 18.5. The molecule has 4 rings (SSSR count). The molecule has 0 bridgehead atoms. The Hall–Kier alpha value is -2.76. The van der Waals surface area contributed by atoms with E-state index in [0.717, 1.165) is 46.0 Å². The zero-order valence-electron chi connectivity index (χ0n) is 15.9. The highest BCUT2D eigenvalue weighted by atomic mass is 15.0. The summed E-state index contributed by atoms with van der Waals surface area (Å²) in [5.74, 6) is 1.90. The van der Waals surface area contributed by atoms with Crippen molar-refractivity contribution >= 4 is 22.2 Å². The summed E-state index contributed by atoms with van der Waals surface area (Å²) in [5, 5.41) is 0. The average molecular weight is 348 g/mol. The van der Waals surface area contributed by atoms with Gasteiger partial charge in [-0.15, -0.1) is 0 Å². The molecule has 26 heavy (non-hydrogen) atoms. The zero-order valence-corrected chi connectivity index (χ0v) is 15.9. The van der Waals surface area contributed by atoms with Crippen LogP contribution in [0.2, 0.25) is 0 Å². The lowest BCUT2D eigenvalue weighted by molar-refractivity contribution is 0.487. The van der Waals surface area contributed by atoms with Crippen LogP contribution in [0.25, 0.3) is 22.2 Å². The first kappa shape index (κ1) is 16.7. The third-order valence-electron chi connectivity index (χ3n) is 4.66. The Kier molecular flexibility index (Phi) is 3.61. The third-order valence-corrected chi connectivity index (χ3v) is 4.66. The van der Waals surface area contributed by atoms with Gasteiger partial charge in [0.05, 0.1) is 22.7 Å². The molecule has 0 fully saturated rings. The van der Waals surface area contributed by atoms with E-state index < -0.39 is 0 Å². The van der Waals surface area contributed by atoms with E-state index in [1.54, 1.807) is 6.20 Å². The average Bonchev–Trinajstić information content (AvgIpc) is 3.18. The molecule has 0 radical (unpaired) electrons. The summed E-state index contributed by atoms with van der Waals surface area (Å²) in [6.45, 7) is 10.8. The molecule has 0 spiro atoms. The molecule has 2 N–H and O–H groups in total. The second kappa shape index (κ2) is 5.62. The number of hydrogen-bond donors (Lipinski definition) is 2. The van der Waals surface area contributed by atoms with Crippen LogP contribution < -0.4 is 0 Å². The predicted octanol–water partition coefficient (Wildman–Crippen LogP) is 4.05. The fourth-order valence-electron chi connectivity index (χ4n) is 3.11. The molecule has 0 saturated carbocycles. The van der Waals surface area contributed by atoms with E-state index in [9.17, 15) is 0 Å². The Morgan fingerprint density at radius 1 is 0.923 bits per heavy atom.